The third kappa shape index (κ3) is 2.01. The summed E-state index contributed by atoms with van der Waals surface area (Å²) in [5.74, 6) is 1.88. The Morgan fingerprint density at radius 1 is 1.23 bits per heavy atom. The van der Waals surface area contributed by atoms with Crippen LogP contribution in [0.25, 0.3) is 0 Å². The number of rotatable bonds is 3. The molecule has 1 heterocycles. The zero-order valence-electron chi connectivity index (χ0n) is 13.5. The molecule has 5 nitrogen and oxygen atoms in total. The normalized spacial score (nSPS) is 47.9. The van der Waals surface area contributed by atoms with E-state index in [1.165, 1.54) is 19.3 Å². The largest absolute Gasteiger partial charge is 0.396 e. The smallest absolute Gasteiger partial charge is 0.315 e. The summed E-state index contributed by atoms with van der Waals surface area (Å²) in [5, 5.41) is 16.0. The van der Waals surface area contributed by atoms with Crippen molar-refractivity contribution in [2.75, 3.05) is 13.2 Å². The standard InChI is InChI=1S/C17H28N2O3/c1-17(2)14(11-5-6-22-15(11)17)19-16(21)18-13-10-4-3-9(7-10)12(13)8-20/h9-15,20H,3-8H2,1-2H3,(H2,18,19,21). The molecule has 3 N–H and O–H groups in total. The molecule has 7 unspecified atom stereocenters. The Labute approximate surface area is 132 Å². The van der Waals surface area contributed by atoms with Crippen LogP contribution in [0.4, 0.5) is 4.79 Å². The van der Waals surface area contributed by atoms with E-state index in [0.29, 0.717) is 23.9 Å². The predicted octanol–water partition coefficient (Wildman–Crippen LogP) is 1.51. The van der Waals surface area contributed by atoms with E-state index in [9.17, 15) is 9.90 Å². The van der Waals surface area contributed by atoms with E-state index in [-0.39, 0.29) is 36.1 Å². The number of hydrogen-bond acceptors (Lipinski definition) is 3. The maximum absolute atomic E-state index is 12.5. The van der Waals surface area contributed by atoms with Gasteiger partial charge in [0.2, 0.25) is 0 Å². The maximum Gasteiger partial charge on any atom is 0.315 e. The Balaban J connectivity index is 1.37. The molecule has 0 aromatic heterocycles. The molecule has 1 aliphatic heterocycles. The molecular weight excluding hydrogens is 280 g/mol. The zero-order valence-corrected chi connectivity index (χ0v) is 13.5. The Morgan fingerprint density at radius 3 is 2.77 bits per heavy atom. The first-order valence-electron chi connectivity index (χ1n) is 8.82. The van der Waals surface area contributed by atoms with E-state index in [0.717, 1.165) is 13.0 Å². The Bertz CT molecular complexity index is 461. The van der Waals surface area contributed by atoms with Gasteiger partial charge in [-0.05, 0) is 37.5 Å². The second-order valence-electron chi connectivity index (χ2n) is 8.37. The lowest BCUT2D eigenvalue weighted by molar-refractivity contribution is -0.108. The van der Waals surface area contributed by atoms with Crippen LogP contribution < -0.4 is 10.6 Å². The third-order valence-electron chi connectivity index (χ3n) is 6.98. The van der Waals surface area contributed by atoms with Crippen LogP contribution in [0, 0.1) is 29.1 Å². The van der Waals surface area contributed by atoms with E-state index in [1.807, 2.05) is 0 Å². The minimum absolute atomic E-state index is 0.0174. The molecule has 1 saturated heterocycles. The van der Waals surface area contributed by atoms with Crippen LogP contribution in [0.5, 0.6) is 0 Å². The van der Waals surface area contributed by atoms with Gasteiger partial charge in [0.15, 0.2) is 0 Å². The molecule has 124 valence electrons. The van der Waals surface area contributed by atoms with Gasteiger partial charge in [0.25, 0.3) is 0 Å². The van der Waals surface area contributed by atoms with Crippen LogP contribution in [0.2, 0.25) is 0 Å². The average Bonchev–Trinajstić information content (AvgIpc) is 3.19. The van der Waals surface area contributed by atoms with Crippen LogP contribution in [0.3, 0.4) is 0 Å². The van der Waals surface area contributed by atoms with Gasteiger partial charge in [0.05, 0.1) is 6.10 Å². The van der Waals surface area contributed by atoms with Gasteiger partial charge >= 0.3 is 6.03 Å². The lowest BCUT2D eigenvalue weighted by Crippen LogP contribution is -2.68. The summed E-state index contributed by atoms with van der Waals surface area (Å²) < 4.78 is 5.78. The van der Waals surface area contributed by atoms with E-state index >= 15 is 0 Å². The van der Waals surface area contributed by atoms with Gasteiger partial charge in [-0.3, -0.25) is 0 Å². The first-order valence-corrected chi connectivity index (χ1v) is 8.82. The molecule has 4 aliphatic rings. The topological polar surface area (TPSA) is 70.6 Å². The predicted molar refractivity (Wildman–Crippen MR) is 82.3 cm³/mol. The van der Waals surface area contributed by atoms with Crippen molar-refractivity contribution in [3.63, 3.8) is 0 Å². The van der Waals surface area contributed by atoms with Crippen LogP contribution in [-0.2, 0) is 4.74 Å². The van der Waals surface area contributed by atoms with E-state index < -0.39 is 0 Å². The molecule has 5 heteroatoms. The summed E-state index contributed by atoms with van der Waals surface area (Å²) in [4.78, 5) is 12.5. The fourth-order valence-electron chi connectivity index (χ4n) is 5.85. The summed E-state index contributed by atoms with van der Waals surface area (Å²) in [6, 6.07) is 0.299. The van der Waals surface area contributed by atoms with Gasteiger partial charge in [-0.1, -0.05) is 13.8 Å². The first kappa shape index (κ1) is 14.8. The van der Waals surface area contributed by atoms with Crippen LogP contribution in [0.1, 0.15) is 39.5 Å². The first-order chi connectivity index (χ1) is 10.5. The number of fused-ring (bicyclic) bond motifs is 3. The molecule has 4 rings (SSSR count). The molecule has 0 spiro atoms. The van der Waals surface area contributed by atoms with Crippen molar-refractivity contribution in [2.45, 2.75) is 57.7 Å². The lowest BCUT2D eigenvalue weighted by Gasteiger charge is -2.54. The monoisotopic (exact) mass is 308 g/mol. The van der Waals surface area contributed by atoms with Crippen molar-refractivity contribution in [3.05, 3.63) is 0 Å². The van der Waals surface area contributed by atoms with Crippen LogP contribution in [-0.4, -0.2) is 42.5 Å². The average molecular weight is 308 g/mol. The lowest BCUT2D eigenvalue weighted by atomic mass is 9.57. The fourth-order valence-corrected chi connectivity index (χ4v) is 5.85. The summed E-state index contributed by atoms with van der Waals surface area (Å²) in [6.45, 7) is 5.37. The summed E-state index contributed by atoms with van der Waals surface area (Å²) >= 11 is 0. The maximum atomic E-state index is 12.5. The van der Waals surface area contributed by atoms with Gasteiger partial charge in [-0.15, -0.1) is 0 Å². The molecule has 7 atom stereocenters. The summed E-state index contributed by atoms with van der Waals surface area (Å²) in [5.41, 5.74) is 0.0174. The molecule has 22 heavy (non-hydrogen) atoms. The van der Waals surface area contributed by atoms with Crippen molar-refractivity contribution >= 4 is 6.03 Å². The highest BCUT2D eigenvalue weighted by molar-refractivity contribution is 5.75. The SMILES string of the molecule is CC1(C)C(NC(=O)NC2C3CCC(C3)C2CO)C2CCOC21. The number of aliphatic hydroxyl groups excluding tert-OH is 1. The van der Waals surface area contributed by atoms with Crippen molar-refractivity contribution in [3.8, 4) is 0 Å². The second-order valence-corrected chi connectivity index (χ2v) is 8.37. The van der Waals surface area contributed by atoms with E-state index in [1.54, 1.807) is 0 Å². The Morgan fingerprint density at radius 2 is 2.00 bits per heavy atom. The summed E-state index contributed by atoms with van der Waals surface area (Å²) in [6.07, 6.45) is 4.92. The van der Waals surface area contributed by atoms with Crippen molar-refractivity contribution < 1.29 is 14.6 Å². The number of amides is 2. The van der Waals surface area contributed by atoms with Gasteiger partial charge in [0.1, 0.15) is 0 Å². The van der Waals surface area contributed by atoms with Crippen LogP contribution >= 0.6 is 0 Å². The highest BCUT2D eigenvalue weighted by atomic mass is 16.5. The van der Waals surface area contributed by atoms with Crippen molar-refractivity contribution in [2.24, 2.45) is 29.1 Å². The number of carbonyl (C=O) groups is 1. The zero-order chi connectivity index (χ0) is 15.5. The van der Waals surface area contributed by atoms with Gasteiger partial charge < -0.3 is 20.5 Å². The number of aliphatic hydroxyl groups is 1. The Kier molecular flexibility index (Phi) is 3.42. The molecule has 2 bridgehead atoms. The number of ether oxygens (including phenoxy) is 1. The molecule has 3 saturated carbocycles. The quantitative estimate of drug-likeness (QED) is 0.740. The third-order valence-corrected chi connectivity index (χ3v) is 6.98. The number of urea groups is 1. The summed E-state index contributed by atoms with van der Waals surface area (Å²) in [7, 11) is 0. The van der Waals surface area contributed by atoms with Crippen LogP contribution in [0.15, 0.2) is 0 Å². The molecule has 0 radical (unpaired) electrons. The van der Waals surface area contributed by atoms with Crippen molar-refractivity contribution in [1.82, 2.24) is 10.6 Å². The molecule has 0 aromatic rings. The van der Waals surface area contributed by atoms with Gasteiger partial charge in [-0.25, -0.2) is 4.79 Å². The number of hydrogen-bond donors (Lipinski definition) is 3. The minimum Gasteiger partial charge on any atom is -0.396 e. The molecule has 3 aliphatic carbocycles. The van der Waals surface area contributed by atoms with Gasteiger partial charge in [0, 0.05) is 42.5 Å². The molecule has 0 aromatic carbocycles. The van der Waals surface area contributed by atoms with Gasteiger partial charge in [-0.2, -0.15) is 0 Å². The molecular formula is C17H28N2O3. The molecule has 4 fully saturated rings. The number of nitrogens with one attached hydrogen (secondary N) is 2. The van der Waals surface area contributed by atoms with E-state index in [4.69, 9.17) is 4.74 Å². The Hall–Kier alpha value is -0.810. The fraction of sp³-hybridized carbons (Fsp3) is 0.941. The van der Waals surface area contributed by atoms with E-state index in [2.05, 4.69) is 24.5 Å². The second kappa shape index (κ2) is 5.10. The minimum atomic E-state index is -0.0561. The number of carbonyl (C=O) groups excluding carboxylic acids is 1. The highest BCUT2D eigenvalue weighted by Crippen LogP contribution is 2.52. The highest BCUT2D eigenvalue weighted by Gasteiger charge is 2.60. The molecule has 2 amide bonds. The van der Waals surface area contributed by atoms with Crippen molar-refractivity contribution in [1.29, 1.82) is 0 Å².